The Hall–Kier alpha value is -3.88. The number of ether oxygens (including phenoxy) is 1. The number of aromatic hydroxyl groups is 1. The minimum atomic E-state index is -1.03. The predicted molar refractivity (Wildman–Crippen MR) is 121 cm³/mol. The van der Waals surface area contributed by atoms with Crippen molar-refractivity contribution >= 4 is 23.1 Å². The van der Waals surface area contributed by atoms with Gasteiger partial charge < -0.3 is 19.8 Å². The summed E-state index contributed by atoms with van der Waals surface area (Å²) < 4.78 is 5.64. The first-order chi connectivity index (χ1) is 15.6. The molecule has 0 aromatic heterocycles. The molecule has 1 fully saturated rings. The Morgan fingerprint density at radius 2 is 1.85 bits per heavy atom. The number of hydrogen-bond donors (Lipinski definition) is 2. The molecule has 9 heteroatoms. The van der Waals surface area contributed by atoms with Crippen LogP contribution in [0.15, 0.2) is 48.0 Å². The van der Waals surface area contributed by atoms with E-state index in [0.29, 0.717) is 30.3 Å². The van der Waals surface area contributed by atoms with Crippen molar-refractivity contribution in [2.45, 2.75) is 33.2 Å². The molecule has 33 heavy (non-hydrogen) atoms. The van der Waals surface area contributed by atoms with E-state index in [0.717, 1.165) is 12.1 Å². The Morgan fingerprint density at radius 1 is 1.18 bits per heavy atom. The summed E-state index contributed by atoms with van der Waals surface area (Å²) in [5.74, 6) is -1.66. The molecule has 1 aliphatic rings. The van der Waals surface area contributed by atoms with Crippen LogP contribution in [0.25, 0.3) is 5.76 Å². The third kappa shape index (κ3) is 4.82. The molecule has 2 aromatic rings. The van der Waals surface area contributed by atoms with E-state index in [1.807, 2.05) is 20.8 Å². The van der Waals surface area contributed by atoms with E-state index in [-0.39, 0.29) is 23.4 Å². The quantitative estimate of drug-likeness (QED) is 0.201. The first-order valence-electron chi connectivity index (χ1n) is 10.6. The second-order valence-electron chi connectivity index (χ2n) is 8.23. The number of ketones is 1. The van der Waals surface area contributed by atoms with E-state index < -0.39 is 34.1 Å². The maximum Gasteiger partial charge on any atom is 0.311 e. The van der Waals surface area contributed by atoms with Crippen molar-refractivity contribution in [1.29, 1.82) is 0 Å². The van der Waals surface area contributed by atoms with Gasteiger partial charge in [-0.05, 0) is 48.2 Å². The number of benzene rings is 2. The molecule has 0 radical (unpaired) electrons. The molecule has 0 saturated carbocycles. The molecule has 1 saturated heterocycles. The average Bonchev–Trinajstić information content (AvgIpc) is 3.03. The van der Waals surface area contributed by atoms with Gasteiger partial charge in [0.1, 0.15) is 11.5 Å². The number of carbonyl (C=O) groups excluding carboxylic acids is 2. The van der Waals surface area contributed by atoms with Crippen molar-refractivity contribution in [1.82, 2.24) is 4.90 Å². The SMILES string of the molecule is CCCN1C(=O)C(=O)/C(=C(\O)c2ccc(OCC(C)C)cc2)C1c1ccc(O)c([N+](=O)[O-])c1. The molecule has 1 atom stereocenters. The van der Waals surface area contributed by atoms with Crippen LogP contribution in [-0.4, -0.2) is 44.9 Å². The Bertz CT molecular complexity index is 1110. The average molecular weight is 454 g/mol. The number of nitrogens with zero attached hydrogens (tertiary/aromatic N) is 2. The number of aliphatic hydroxyl groups is 1. The molecule has 1 aliphatic heterocycles. The van der Waals surface area contributed by atoms with E-state index in [1.165, 1.54) is 11.0 Å². The van der Waals surface area contributed by atoms with Crippen LogP contribution < -0.4 is 4.74 Å². The van der Waals surface area contributed by atoms with Crippen LogP contribution >= 0.6 is 0 Å². The third-order valence-electron chi connectivity index (χ3n) is 5.23. The lowest BCUT2D eigenvalue weighted by molar-refractivity contribution is -0.385. The zero-order valence-electron chi connectivity index (χ0n) is 18.6. The van der Waals surface area contributed by atoms with Gasteiger partial charge in [-0.15, -0.1) is 0 Å². The van der Waals surface area contributed by atoms with Crippen LogP contribution in [0.1, 0.15) is 44.4 Å². The smallest absolute Gasteiger partial charge is 0.311 e. The van der Waals surface area contributed by atoms with Crippen LogP contribution in [0.3, 0.4) is 0 Å². The molecule has 1 heterocycles. The van der Waals surface area contributed by atoms with E-state index >= 15 is 0 Å². The van der Waals surface area contributed by atoms with Gasteiger partial charge in [0.2, 0.25) is 0 Å². The fraction of sp³-hybridized carbons (Fsp3) is 0.333. The van der Waals surface area contributed by atoms with Crippen LogP contribution in [-0.2, 0) is 9.59 Å². The molecule has 2 N–H and O–H groups in total. The number of phenols is 1. The standard InChI is InChI=1S/C24H26N2O7/c1-4-11-25-21(16-7-10-19(27)18(12-16)26(31)32)20(23(29)24(25)30)22(28)15-5-8-17(9-6-15)33-13-14(2)3/h5-10,12,14,21,27-28H,4,11,13H2,1-3H3/b22-20-. The lowest BCUT2D eigenvalue weighted by atomic mass is 9.94. The Labute approximate surface area is 191 Å². The van der Waals surface area contributed by atoms with E-state index in [4.69, 9.17) is 4.74 Å². The van der Waals surface area contributed by atoms with Crippen molar-refractivity contribution in [2.75, 3.05) is 13.2 Å². The van der Waals surface area contributed by atoms with Gasteiger partial charge in [0.05, 0.1) is 23.1 Å². The summed E-state index contributed by atoms with van der Waals surface area (Å²) in [5.41, 5.74) is -0.171. The number of hydrogen-bond acceptors (Lipinski definition) is 7. The molecule has 174 valence electrons. The summed E-state index contributed by atoms with van der Waals surface area (Å²) in [5, 5.41) is 32.2. The van der Waals surface area contributed by atoms with Gasteiger partial charge in [-0.1, -0.05) is 26.8 Å². The number of nitro benzene ring substituents is 1. The van der Waals surface area contributed by atoms with E-state index in [1.54, 1.807) is 24.3 Å². The highest BCUT2D eigenvalue weighted by Crippen LogP contribution is 2.41. The minimum absolute atomic E-state index is 0.163. The first-order valence-corrected chi connectivity index (χ1v) is 10.6. The monoisotopic (exact) mass is 454 g/mol. The third-order valence-corrected chi connectivity index (χ3v) is 5.23. The predicted octanol–water partition coefficient (Wildman–Crippen LogP) is 4.17. The Morgan fingerprint density at radius 3 is 2.42 bits per heavy atom. The van der Waals surface area contributed by atoms with Gasteiger partial charge in [-0.25, -0.2) is 0 Å². The van der Waals surface area contributed by atoms with Crippen LogP contribution in [0.4, 0.5) is 5.69 Å². The van der Waals surface area contributed by atoms with Crippen molar-refractivity contribution in [3.63, 3.8) is 0 Å². The van der Waals surface area contributed by atoms with Crippen LogP contribution in [0, 0.1) is 16.0 Å². The molecular weight excluding hydrogens is 428 g/mol. The molecule has 0 bridgehead atoms. The number of nitro groups is 1. The molecule has 2 aromatic carbocycles. The van der Waals surface area contributed by atoms with E-state index in [2.05, 4.69) is 0 Å². The van der Waals surface area contributed by atoms with Gasteiger partial charge in [0.15, 0.2) is 5.75 Å². The number of aliphatic hydroxyl groups excluding tert-OH is 1. The molecule has 0 aliphatic carbocycles. The normalized spacial score (nSPS) is 17.6. The van der Waals surface area contributed by atoms with E-state index in [9.17, 15) is 29.9 Å². The molecule has 1 amide bonds. The lowest BCUT2D eigenvalue weighted by Crippen LogP contribution is -2.30. The number of amides is 1. The fourth-order valence-corrected chi connectivity index (χ4v) is 3.68. The van der Waals surface area contributed by atoms with Crippen molar-refractivity contribution in [3.8, 4) is 11.5 Å². The largest absolute Gasteiger partial charge is 0.507 e. The molecular formula is C24H26N2O7. The summed E-state index contributed by atoms with van der Waals surface area (Å²) in [7, 11) is 0. The number of likely N-dealkylation sites (tertiary alicyclic amines) is 1. The number of carbonyl (C=O) groups is 2. The van der Waals surface area contributed by atoms with Crippen molar-refractivity contribution < 1.29 is 29.5 Å². The summed E-state index contributed by atoms with van der Waals surface area (Å²) in [6, 6.07) is 9.09. The molecule has 9 nitrogen and oxygen atoms in total. The summed E-state index contributed by atoms with van der Waals surface area (Å²) in [6.45, 7) is 6.59. The zero-order chi connectivity index (χ0) is 24.3. The summed E-state index contributed by atoms with van der Waals surface area (Å²) in [6.07, 6.45) is 0.533. The van der Waals surface area contributed by atoms with Crippen molar-refractivity contribution in [3.05, 3.63) is 69.3 Å². The maximum atomic E-state index is 12.9. The first kappa shape index (κ1) is 23.8. The molecule has 3 rings (SSSR count). The number of rotatable bonds is 8. The Kier molecular flexibility index (Phi) is 7.01. The highest BCUT2D eigenvalue weighted by Gasteiger charge is 2.46. The van der Waals surface area contributed by atoms with Crippen molar-refractivity contribution in [2.24, 2.45) is 5.92 Å². The molecule has 1 unspecified atom stereocenters. The van der Waals surface area contributed by atoms with Gasteiger partial charge in [-0.2, -0.15) is 0 Å². The Balaban J connectivity index is 2.10. The van der Waals surface area contributed by atoms with Gasteiger partial charge in [0, 0.05) is 18.2 Å². The lowest BCUT2D eigenvalue weighted by Gasteiger charge is -2.24. The second kappa shape index (κ2) is 9.72. The highest BCUT2D eigenvalue weighted by atomic mass is 16.6. The topological polar surface area (TPSA) is 130 Å². The zero-order valence-corrected chi connectivity index (χ0v) is 18.6. The number of Topliss-reactive ketones (excluding diaryl/α,β-unsaturated/α-hetero) is 1. The van der Waals surface area contributed by atoms with Gasteiger partial charge in [-0.3, -0.25) is 19.7 Å². The molecule has 0 spiro atoms. The van der Waals surface area contributed by atoms with Crippen LogP contribution in [0.2, 0.25) is 0 Å². The highest BCUT2D eigenvalue weighted by molar-refractivity contribution is 6.46. The second-order valence-corrected chi connectivity index (χ2v) is 8.23. The maximum absolute atomic E-state index is 12.9. The van der Waals surface area contributed by atoms with Crippen LogP contribution in [0.5, 0.6) is 11.5 Å². The van der Waals surface area contributed by atoms with Gasteiger partial charge in [0.25, 0.3) is 11.7 Å². The fourth-order valence-electron chi connectivity index (χ4n) is 3.68. The van der Waals surface area contributed by atoms with Gasteiger partial charge >= 0.3 is 5.69 Å². The number of phenolic OH excluding ortho intramolecular Hbond substituents is 1. The summed E-state index contributed by atoms with van der Waals surface area (Å²) >= 11 is 0. The minimum Gasteiger partial charge on any atom is -0.507 e. The summed E-state index contributed by atoms with van der Waals surface area (Å²) in [4.78, 5) is 37.5.